The highest BCUT2D eigenvalue weighted by molar-refractivity contribution is 5.50. The van der Waals surface area contributed by atoms with Crippen molar-refractivity contribution in [3.63, 3.8) is 0 Å². The zero-order chi connectivity index (χ0) is 31.3. The van der Waals surface area contributed by atoms with Gasteiger partial charge in [-0.25, -0.2) is 0 Å². The van der Waals surface area contributed by atoms with Crippen LogP contribution in [0.1, 0.15) is 77.6 Å². The molecule has 0 aromatic heterocycles. The third kappa shape index (κ3) is 4.96. The Kier molecular flexibility index (Phi) is 7.84. The molecular formula is C36H50O10. The number of rotatable bonds is 3. The van der Waals surface area contributed by atoms with Gasteiger partial charge in [-0.1, -0.05) is 20.1 Å². The number of carbonyl (C=O) groups is 1. The fourth-order valence-electron chi connectivity index (χ4n) is 10.6. The van der Waals surface area contributed by atoms with Gasteiger partial charge >= 0.3 is 0 Å². The lowest BCUT2D eigenvalue weighted by atomic mass is 9.79. The van der Waals surface area contributed by atoms with E-state index in [1.54, 1.807) is 7.11 Å². The first-order chi connectivity index (χ1) is 22.3. The molecule has 0 saturated carbocycles. The summed E-state index contributed by atoms with van der Waals surface area (Å²) in [5.41, 5.74) is 2.28. The van der Waals surface area contributed by atoms with Crippen molar-refractivity contribution in [2.75, 3.05) is 7.11 Å². The maximum absolute atomic E-state index is 11.8. The summed E-state index contributed by atoms with van der Waals surface area (Å²) >= 11 is 0. The molecule has 10 heterocycles. The van der Waals surface area contributed by atoms with Gasteiger partial charge in [0.1, 0.15) is 36.8 Å². The van der Waals surface area contributed by atoms with Crippen LogP contribution in [0.5, 0.6) is 0 Å². The van der Waals surface area contributed by atoms with Crippen molar-refractivity contribution in [1.29, 1.82) is 0 Å². The summed E-state index contributed by atoms with van der Waals surface area (Å²) in [6, 6.07) is 0. The first-order valence-corrected chi connectivity index (χ1v) is 17.9. The Balaban J connectivity index is 1.06. The maximum atomic E-state index is 11.8. The molecule has 10 fully saturated rings. The summed E-state index contributed by atoms with van der Waals surface area (Å²) in [5.74, 6) is -0.492. The van der Waals surface area contributed by atoms with Gasteiger partial charge in [0, 0.05) is 38.7 Å². The zero-order valence-electron chi connectivity index (χ0n) is 27.2. The smallest absolute Gasteiger partial charge is 0.172 e. The van der Waals surface area contributed by atoms with Crippen molar-refractivity contribution in [1.82, 2.24) is 0 Å². The van der Waals surface area contributed by atoms with Gasteiger partial charge in [-0.2, -0.15) is 0 Å². The molecule has 1 spiro atoms. The summed E-state index contributed by atoms with van der Waals surface area (Å²) in [6.45, 7) is 11.2. The Labute approximate surface area is 271 Å². The van der Waals surface area contributed by atoms with Crippen LogP contribution < -0.4 is 0 Å². The molecule has 254 valence electrons. The van der Waals surface area contributed by atoms with Gasteiger partial charge < -0.3 is 47.4 Å². The summed E-state index contributed by atoms with van der Waals surface area (Å²) in [7, 11) is 1.72. The predicted octanol–water partition coefficient (Wildman–Crippen LogP) is 3.97. The van der Waals surface area contributed by atoms with Crippen molar-refractivity contribution >= 4 is 6.29 Å². The highest BCUT2D eigenvalue weighted by Crippen LogP contribution is 2.55. The minimum atomic E-state index is -0.742. The number of fused-ring (bicyclic) bond motifs is 7. The van der Waals surface area contributed by atoms with E-state index in [1.807, 2.05) is 0 Å². The minimum Gasteiger partial charge on any atom is -0.378 e. The second-order valence-corrected chi connectivity index (χ2v) is 15.6. The number of carbonyl (C=O) groups excluding carboxylic acids is 1. The molecule has 46 heavy (non-hydrogen) atoms. The van der Waals surface area contributed by atoms with Gasteiger partial charge in [0.2, 0.25) is 0 Å². The van der Waals surface area contributed by atoms with E-state index >= 15 is 0 Å². The lowest BCUT2D eigenvalue weighted by Crippen LogP contribution is -2.63. The number of hydrogen-bond donors (Lipinski definition) is 0. The fraction of sp³-hybridized carbons (Fsp3) is 0.861. The Bertz CT molecular complexity index is 1230. The van der Waals surface area contributed by atoms with Gasteiger partial charge in [-0.05, 0) is 62.0 Å². The summed E-state index contributed by atoms with van der Waals surface area (Å²) in [4.78, 5) is 11.8. The van der Waals surface area contributed by atoms with Crippen molar-refractivity contribution in [2.45, 2.75) is 175 Å². The largest absolute Gasteiger partial charge is 0.378 e. The molecular weight excluding hydrogens is 592 g/mol. The lowest BCUT2D eigenvalue weighted by molar-refractivity contribution is -0.298. The second-order valence-electron chi connectivity index (χ2n) is 15.6. The van der Waals surface area contributed by atoms with Crippen molar-refractivity contribution < 1.29 is 47.4 Å². The molecule has 10 saturated heterocycles. The van der Waals surface area contributed by atoms with E-state index in [-0.39, 0.29) is 104 Å². The molecule has 10 aliphatic heterocycles. The summed E-state index contributed by atoms with van der Waals surface area (Å²) < 4.78 is 60.6. The quantitative estimate of drug-likeness (QED) is 0.332. The van der Waals surface area contributed by atoms with Crippen LogP contribution in [0.2, 0.25) is 0 Å². The average molecular weight is 643 g/mol. The zero-order valence-corrected chi connectivity index (χ0v) is 27.2. The van der Waals surface area contributed by atoms with Crippen molar-refractivity contribution in [3.8, 4) is 0 Å². The third-order valence-corrected chi connectivity index (χ3v) is 12.9. The molecule has 12 bridgehead atoms. The molecule has 0 aromatic rings. The summed E-state index contributed by atoms with van der Waals surface area (Å²) in [5, 5.41) is 0. The van der Waals surface area contributed by atoms with Crippen LogP contribution in [0.15, 0.2) is 24.3 Å². The van der Waals surface area contributed by atoms with E-state index in [2.05, 4.69) is 20.1 Å². The second kappa shape index (κ2) is 11.7. The number of ether oxygens (including phenoxy) is 9. The minimum absolute atomic E-state index is 0.0330. The highest BCUT2D eigenvalue weighted by atomic mass is 16.8. The van der Waals surface area contributed by atoms with Crippen molar-refractivity contribution in [2.24, 2.45) is 11.8 Å². The third-order valence-electron chi connectivity index (χ3n) is 12.9. The highest BCUT2D eigenvalue weighted by Gasteiger charge is 2.69. The van der Waals surface area contributed by atoms with Crippen LogP contribution in [0.4, 0.5) is 0 Å². The van der Waals surface area contributed by atoms with Gasteiger partial charge in [0.15, 0.2) is 5.79 Å². The first-order valence-electron chi connectivity index (χ1n) is 17.9. The number of hydrogen-bond acceptors (Lipinski definition) is 10. The standard InChI is InChI=1S/C36H50O10/c1-17-13-20-5-6-22-18(2)14-21(39-22)9-11-36-16-28-32(45-36)33-34(44-28)35(46-36)31-24(43-33)8-7-23(42-31)29-27(15-26(40-20)19(17)3)41-25(10-12-37)30(29)38-4/h12,17,20-35H,2-3,5-11,13-16H2,1,4H3/t17-,20+,21+,22+,23?,24+,25-,26-,27+,28-,29?,30+,31+,32+,33+,34-,35+,36+/m1/s1. The molecule has 0 aromatic carbocycles. The Hall–Kier alpha value is -1.21. The Morgan fingerprint density at radius 1 is 0.783 bits per heavy atom. The molecule has 10 nitrogen and oxygen atoms in total. The van der Waals surface area contributed by atoms with Crippen LogP contribution in [0.3, 0.4) is 0 Å². The topological polar surface area (TPSA) is 100 Å². The number of methoxy groups -OCH3 is 1. The average Bonchev–Trinajstić information content (AvgIpc) is 3.72. The lowest BCUT2D eigenvalue weighted by Gasteiger charge is -2.49. The molecule has 18 atom stereocenters. The van der Waals surface area contributed by atoms with Gasteiger partial charge in [-0.15, -0.1) is 0 Å². The van der Waals surface area contributed by atoms with E-state index in [9.17, 15) is 4.79 Å². The SMILES string of the molecule is C=C1C[C@@H]2CC[C@@]34C[C@H]5O[C@H]6[C@@H](O3)[C@H]3OC(CC[C@@H]3O[C@H]6[C@H]5O4)C3[C@H](C[C@H]4O[C@@H](CC[C@@H]1O2)C[C@@H](C)C4=C)O[C@H](CC=O)[C@@H]3OC. The fourth-order valence-corrected chi connectivity index (χ4v) is 10.6. The van der Waals surface area contributed by atoms with Crippen LogP contribution in [0.25, 0.3) is 0 Å². The van der Waals surface area contributed by atoms with Gasteiger partial charge in [0.25, 0.3) is 0 Å². The molecule has 10 heteroatoms. The molecule has 2 unspecified atom stereocenters. The Morgan fingerprint density at radius 3 is 2.39 bits per heavy atom. The first kappa shape index (κ1) is 30.8. The van der Waals surface area contributed by atoms with Gasteiger partial charge in [-0.3, -0.25) is 0 Å². The molecule has 10 rings (SSSR count). The van der Waals surface area contributed by atoms with E-state index in [4.69, 9.17) is 42.6 Å². The number of aldehydes is 1. The predicted molar refractivity (Wildman–Crippen MR) is 163 cm³/mol. The summed E-state index contributed by atoms with van der Waals surface area (Å²) in [6.07, 6.45) is 7.22. The van der Waals surface area contributed by atoms with Gasteiger partial charge in [0.05, 0.1) is 61.0 Å². The molecule has 10 aliphatic rings. The van der Waals surface area contributed by atoms with E-state index in [0.717, 1.165) is 63.2 Å². The monoisotopic (exact) mass is 642 g/mol. The van der Waals surface area contributed by atoms with E-state index < -0.39 is 5.79 Å². The van der Waals surface area contributed by atoms with Crippen LogP contribution >= 0.6 is 0 Å². The molecule has 0 aliphatic carbocycles. The van der Waals surface area contributed by atoms with E-state index in [1.165, 1.54) is 5.57 Å². The normalized spacial score (nSPS) is 56.0. The van der Waals surface area contributed by atoms with Crippen LogP contribution in [-0.2, 0) is 47.4 Å². The molecule has 0 radical (unpaired) electrons. The van der Waals surface area contributed by atoms with Crippen molar-refractivity contribution in [3.05, 3.63) is 24.3 Å². The maximum Gasteiger partial charge on any atom is 0.172 e. The van der Waals surface area contributed by atoms with Crippen LogP contribution in [0, 0.1) is 11.8 Å². The van der Waals surface area contributed by atoms with Crippen LogP contribution in [-0.4, -0.2) is 111 Å². The molecule has 0 N–H and O–H groups in total. The Morgan fingerprint density at radius 2 is 1.54 bits per heavy atom. The molecule has 0 amide bonds. The van der Waals surface area contributed by atoms with E-state index in [0.29, 0.717) is 18.8 Å².